The molecule has 0 aromatic heterocycles. The molecule has 2 fully saturated rings. The maximum absolute atomic E-state index is 13.1. The number of likely N-dealkylation sites (tertiary alicyclic amines) is 1. The molecule has 0 radical (unpaired) electrons. The summed E-state index contributed by atoms with van der Waals surface area (Å²) >= 11 is 0. The molecule has 3 atom stereocenters. The molecule has 166 valence electrons. The summed E-state index contributed by atoms with van der Waals surface area (Å²) in [6.45, 7) is 2.87. The Labute approximate surface area is 185 Å². The predicted octanol–water partition coefficient (Wildman–Crippen LogP) is 3.32. The molecule has 2 aromatic rings. The van der Waals surface area contributed by atoms with Crippen molar-refractivity contribution in [3.8, 4) is 11.5 Å². The van der Waals surface area contributed by atoms with Crippen LogP contribution in [0.15, 0.2) is 48.0 Å². The molecular formula is C25H25NO6. The van der Waals surface area contributed by atoms with E-state index in [-0.39, 0.29) is 35.8 Å². The highest BCUT2D eigenvalue weighted by molar-refractivity contribution is 6.46. The lowest BCUT2D eigenvalue weighted by Gasteiger charge is -2.27. The molecular weight excluding hydrogens is 410 g/mol. The normalized spacial score (nSPS) is 26.4. The lowest BCUT2D eigenvalue weighted by atomic mass is 9.94. The van der Waals surface area contributed by atoms with Gasteiger partial charge in [0.15, 0.2) is 0 Å². The summed E-state index contributed by atoms with van der Waals surface area (Å²) in [5.41, 5.74) is 2.11. The highest BCUT2D eigenvalue weighted by atomic mass is 16.5. The first-order valence-corrected chi connectivity index (χ1v) is 10.9. The molecule has 0 bridgehead atoms. The smallest absolute Gasteiger partial charge is 0.295 e. The van der Waals surface area contributed by atoms with Crippen LogP contribution in [0.4, 0.5) is 0 Å². The van der Waals surface area contributed by atoms with E-state index >= 15 is 0 Å². The number of rotatable bonds is 4. The van der Waals surface area contributed by atoms with Crippen molar-refractivity contribution in [2.75, 3.05) is 13.2 Å². The first-order valence-electron chi connectivity index (χ1n) is 10.9. The van der Waals surface area contributed by atoms with E-state index in [9.17, 15) is 19.8 Å². The molecule has 3 aliphatic heterocycles. The van der Waals surface area contributed by atoms with E-state index in [0.717, 1.165) is 24.2 Å². The Hall–Kier alpha value is -3.32. The predicted molar refractivity (Wildman–Crippen MR) is 116 cm³/mol. The number of aliphatic hydroxyl groups excluding tert-OH is 1. The van der Waals surface area contributed by atoms with Gasteiger partial charge in [0.25, 0.3) is 11.7 Å². The molecule has 0 aliphatic carbocycles. The van der Waals surface area contributed by atoms with Gasteiger partial charge in [0.2, 0.25) is 0 Å². The van der Waals surface area contributed by atoms with E-state index in [1.165, 1.54) is 17.0 Å². The number of carbonyl (C=O) groups is 2. The lowest BCUT2D eigenvalue weighted by molar-refractivity contribution is -0.140. The van der Waals surface area contributed by atoms with Crippen LogP contribution >= 0.6 is 0 Å². The monoisotopic (exact) mass is 435 g/mol. The van der Waals surface area contributed by atoms with E-state index in [1.54, 1.807) is 24.3 Å². The molecule has 5 rings (SSSR count). The Morgan fingerprint density at radius 2 is 1.94 bits per heavy atom. The quantitative estimate of drug-likeness (QED) is 0.435. The Morgan fingerprint density at radius 1 is 1.16 bits per heavy atom. The number of nitrogens with zero attached hydrogens (tertiary/aromatic N) is 1. The number of ketones is 1. The summed E-state index contributed by atoms with van der Waals surface area (Å²) in [5, 5.41) is 21.0. The maximum Gasteiger partial charge on any atom is 0.295 e. The number of aromatic hydroxyl groups is 1. The van der Waals surface area contributed by atoms with Crippen LogP contribution in [-0.2, 0) is 20.7 Å². The zero-order chi connectivity index (χ0) is 22.4. The Balaban J connectivity index is 1.59. The van der Waals surface area contributed by atoms with Gasteiger partial charge in [-0.1, -0.05) is 12.1 Å². The zero-order valence-electron chi connectivity index (χ0n) is 17.8. The molecule has 7 nitrogen and oxygen atoms in total. The van der Waals surface area contributed by atoms with Gasteiger partial charge in [-0.25, -0.2) is 0 Å². The molecule has 32 heavy (non-hydrogen) atoms. The van der Waals surface area contributed by atoms with Gasteiger partial charge < -0.3 is 24.6 Å². The van der Waals surface area contributed by atoms with Crippen LogP contribution in [0.5, 0.6) is 11.5 Å². The van der Waals surface area contributed by atoms with Crippen molar-refractivity contribution < 1.29 is 29.3 Å². The molecule has 3 heterocycles. The van der Waals surface area contributed by atoms with Gasteiger partial charge in [-0.2, -0.15) is 0 Å². The van der Waals surface area contributed by atoms with Gasteiger partial charge in [0, 0.05) is 25.1 Å². The van der Waals surface area contributed by atoms with Crippen molar-refractivity contribution in [1.29, 1.82) is 0 Å². The highest BCUT2D eigenvalue weighted by Crippen LogP contribution is 2.41. The number of hydrogen-bond donors (Lipinski definition) is 2. The number of hydrogen-bond acceptors (Lipinski definition) is 6. The van der Waals surface area contributed by atoms with Crippen LogP contribution in [0.2, 0.25) is 0 Å². The fraction of sp³-hybridized carbons (Fsp3) is 0.360. The minimum Gasteiger partial charge on any atom is -0.508 e. The largest absolute Gasteiger partial charge is 0.508 e. The van der Waals surface area contributed by atoms with Crippen LogP contribution in [-0.4, -0.2) is 52.2 Å². The molecule has 0 saturated carbocycles. The minimum atomic E-state index is -0.761. The van der Waals surface area contributed by atoms with Crippen LogP contribution < -0.4 is 4.74 Å². The number of fused-ring (bicyclic) bond motifs is 1. The SMILES string of the molecule is C[C@@H]1Cc2cc(C(O)=C3C(=O)C(=O)N(C[C@H]4CCCO4)[C@@H]3c3ccc(O)cc3)ccc2O1. The molecule has 2 N–H and O–H groups in total. The molecule has 2 saturated heterocycles. The van der Waals surface area contributed by atoms with E-state index in [4.69, 9.17) is 9.47 Å². The summed E-state index contributed by atoms with van der Waals surface area (Å²) in [6, 6.07) is 10.9. The summed E-state index contributed by atoms with van der Waals surface area (Å²) in [4.78, 5) is 27.6. The Bertz CT molecular complexity index is 1100. The average molecular weight is 435 g/mol. The van der Waals surface area contributed by atoms with Gasteiger partial charge in [0.1, 0.15) is 23.4 Å². The third-order valence-electron chi connectivity index (χ3n) is 6.34. The fourth-order valence-corrected chi connectivity index (χ4v) is 4.80. The van der Waals surface area contributed by atoms with E-state index in [0.29, 0.717) is 24.2 Å². The first-order chi connectivity index (χ1) is 15.4. The van der Waals surface area contributed by atoms with Crippen LogP contribution in [0, 0.1) is 0 Å². The molecule has 0 unspecified atom stereocenters. The van der Waals surface area contributed by atoms with Crippen molar-refractivity contribution in [1.82, 2.24) is 4.90 Å². The van der Waals surface area contributed by atoms with Crippen molar-refractivity contribution in [2.24, 2.45) is 0 Å². The van der Waals surface area contributed by atoms with E-state index in [2.05, 4.69) is 0 Å². The summed E-state index contributed by atoms with van der Waals surface area (Å²) in [6.07, 6.45) is 2.34. The van der Waals surface area contributed by atoms with Crippen molar-refractivity contribution in [3.05, 3.63) is 64.7 Å². The Kier molecular flexibility index (Phi) is 5.13. The van der Waals surface area contributed by atoms with E-state index in [1.807, 2.05) is 13.0 Å². The summed E-state index contributed by atoms with van der Waals surface area (Å²) < 4.78 is 11.4. The second kappa shape index (κ2) is 7.98. The number of aliphatic hydroxyl groups is 1. The highest BCUT2D eigenvalue weighted by Gasteiger charge is 2.47. The van der Waals surface area contributed by atoms with Crippen LogP contribution in [0.3, 0.4) is 0 Å². The molecule has 1 amide bonds. The summed E-state index contributed by atoms with van der Waals surface area (Å²) in [5.74, 6) is -0.735. The van der Waals surface area contributed by atoms with Gasteiger partial charge in [0.05, 0.1) is 17.7 Å². The number of phenolic OH excluding ortho intramolecular Hbond substituents is 1. The fourth-order valence-electron chi connectivity index (χ4n) is 4.80. The van der Waals surface area contributed by atoms with Crippen molar-refractivity contribution in [3.63, 3.8) is 0 Å². The van der Waals surface area contributed by atoms with Gasteiger partial charge in [-0.15, -0.1) is 0 Å². The maximum atomic E-state index is 13.1. The number of Topliss-reactive ketones (excluding diaryl/α,β-unsaturated/α-hetero) is 1. The zero-order valence-corrected chi connectivity index (χ0v) is 17.8. The first kappa shape index (κ1) is 20.6. The molecule has 7 heteroatoms. The summed E-state index contributed by atoms with van der Waals surface area (Å²) in [7, 11) is 0. The topological polar surface area (TPSA) is 96.3 Å². The average Bonchev–Trinajstić information content (AvgIpc) is 3.48. The third-order valence-corrected chi connectivity index (χ3v) is 6.34. The van der Waals surface area contributed by atoms with Gasteiger partial charge in [-0.05, 0) is 61.2 Å². The molecule has 3 aliphatic rings. The standard InChI is InChI=1S/C25H25NO6/c1-14-11-17-12-16(6-9-20(17)32-14)23(28)21-22(15-4-7-18(27)8-5-15)26(25(30)24(21)29)13-19-3-2-10-31-19/h4-9,12,14,19,22,27-28H,2-3,10-11,13H2,1H3/t14-,19-,22-/m1/s1. The van der Waals surface area contributed by atoms with Crippen LogP contribution in [0.1, 0.15) is 42.5 Å². The van der Waals surface area contributed by atoms with Crippen LogP contribution in [0.25, 0.3) is 5.76 Å². The van der Waals surface area contributed by atoms with E-state index < -0.39 is 17.7 Å². The number of benzene rings is 2. The van der Waals surface area contributed by atoms with Gasteiger partial charge >= 0.3 is 0 Å². The number of phenols is 1. The number of carbonyl (C=O) groups excluding carboxylic acids is 2. The van der Waals surface area contributed by atoms with Crippen molar-refractivity contribution in [2.45, 2.75) is 44.4 Å². The molecule has 0 spiro atoms. The second-order valence-corrected chi connectivity index (χ2v) is 8.63. The third kappa shape index (κ3) is 3.52. The Morgan fingerprint density at radius 3 is 2.66 bits per heavy atom. The second-order valence-electron chi connectivity index (χ2n) is 8.63. The lowest BCUT2D eigenvalue weighted by Crippen LogP contribution is -2.36. The molecule has 2 aromatic carbocycles. The van der Waals surface area contributed by atoms with Crippen molar-refractivity contribution >= 4 is 17.4 Å². The minimum absolute atomic E-state index is 0.0469. The number of ether oxygens (including phenoxy) is 2. The van der Waals surface area contributed by atoms with Gasteiger partial charge in [-0.3, -0.25) is 9.59 Å². The number of amides is 1.